The maximum atomic E-state index is 13.1. The Bertz CT molecular complexity index is 871. The molecule has 4 nitrogen and oxygen atoms in total. The first kappa shape index (κ1) is 20.5. The smallest absolute Gasteiger partial charge is 0.369 e. The predicted molar refractivity (Wildman–Crippen MR) is 89.1 cm³/mol. The molecular weight excluding hydrogens is 410 g/mol. The second-order valence-electron chi connectivity index (χ2n) is 5.91. The van der Waals surface area contributed by atoms with Crippen LogP contribution in [-0.2, 0) is 5.60 Å². The van der Waals surface area contributed by atoms with E-state index in [-0.39, 0.29) is 28.6 Å². The number of aromatic nitrogens is 1. The monoisotopic (exact) mass is 422 g/mol. The van der Waals surface area contributed by atoms with Crippen molar-refractivity contribution in [2.24, 2.45) is 0 Å². The molecule has 28 heavy (non-hydrogen) atoms. The number of carbonyl (C=O) groups is 1. The Morgan fingerprint density at radius 1 is 1.07 bits per heavy atom. The van der Waals surface area contributed by atoms with Crippen molar-refractivity contribution >= 4 is 23.4 Å². The molecule has 1 amide bonds. The fourth-order valence-electron chi connectivity index (χ4n) is 2.77. The van der Waals surface area contributed by atoms with Crippen molar-refractivity contribution < 1.29 is 36.2 Å². The van der Waals surface area contributed by atoms with Gasteiger partial charge in [-0.1, -0.05) is 12.1 Å². The SMILES string of the molecule is O=C(c1ccccn1)N1CCSc2cc(C(O)(C(F)(F)F)C(F)(F)F)ccc21. The van der Waals surface area contributed by atoms with Crippen molar-refractivity contribution in [3.05, 3.63) is 53.9 Å². The standard InChI is InChI=1S/C17H12F6N2O2S/c18-16(19,20)15(27,17(21,22)23)10-4-5-12-13(9-10)28-8-7-25(12)14(26)11-3-1-2-6-24-11/h1-6,9,27H,7-8H2. The van der Waals surface area contributed by atoms with Crippen LogP contribution in [0.25, 0.3) is 0 Å². The third-order valence-corrected chi connectivity index (χ3v) is 5.22. The Balaban J connectivity index is 2.05. The zero-order valence-electron chi connectivity index (χ0n) is 13.9. The van der Waals surface area contributed by atoms with Crippen LogP contribution in [0.4, 0.5) is 32.0 Å². The van der Waals surface area contributed by atoms with Crippen LogP contribution < -0.4 is 4.90 Å². The van der Waals surface area contributed by atoms with Gasteiger partial charge >= 0.3 is 12.4 Å². The topological polar surface area (TPSA) is 53.4 Å². The lowest BCUT2D eigenvalue weighted by molar-refractivity contribution is -0.376. The number of rotatable bonds is 2. The number of thioether (sulfide) groups is 1. The van der Waals surface area contributed by atoms with Crippen LogP contribution in [0.2, 0.25) is 0 Å². The molecule has 3 rings (SSSR count). The summed E-state index contributed by atoms with van der Waals surface area (Å²) in [6, 6.07) is 6.75. The Labute approximate surface area is 159 Å². The summed E-state index contributed by atoms with van der Waals surface area (Å²) in [5.41, 5.74) is -6.12. The summed E-state index contributed by atoms with van der Waals surface area (Å²) in [5, 5.41) is 9.56. The summed E-state index contributed by atoms with van der Waals surface area (Å²) < 4.78 is 78.6. The highest BCUT2D eigenvalue weighted by atomic mass is 32.2. The van der Waals surface area contributed by atoms with E-state index < -0.39 is 29.4 Å². The van der Waals surface area contributed by atoms with Gasteiger partial charge in [-0.05, 0) is 24.3 Å². The van der Waals surface area contributed by atoms with Crippen molar-refractivity contribution in [2.45, 2.75) is 22.8 Å². The molecule has 0 radical (unpaired) electrons. The van der Waals surface area contributed by atoms with Gasteiger partial charge in [0.05, 0.1) is 5.69 Å². The Morgan fingerprint density at radius 3 is 2.32 bits per heavy atom. The third kappa shape index (κ3) is 3.32. The molecule has 0 saturated carbocycles. The predicted octanol–water partition coefficient (Wildman–Crippen LogP) is 4.15. The van der Waals surface area contributed by atoms with Gasteiger partial charge in [0.15, 0.2) is 0 Å². The molecule has 1 aliphatic rings. The molecule has 11 heteroatoms. The van der Waals surface area contributed by atoms with Gasteiger partial charge in [0.2, 0.25) is 0 Å². The molecule has 0 saturated heterocycles. The second kappa shape index (κ2) is 6.96. The molecule has 0 spiro atoms. The molecule has 1 aromatic heterocycles. The lowest BCUT2D eigenvalue weighted by Gasteiger charge is -2.34. The van der Waals surface area contributed by atoms with Gasteiger partial charge < -0.3 is 10.0 Å². The average Bonchev–Trinajstić information content (AvgIpc) is 2.64. The number of hydrogen-bond donors (Lipinski definition) is 1. The van der Waals surface area contributed by atoms with Crippen molar-refractivity contribution in [3.63, 3.8) is 0 Å². The largest absolute Gasteiger partial charge is 0.430 e. The fourth-order valence-corrected chi connectivity index (χ4v) is 3.80. The normalized spacial score (nSPS) is 15.3. The molecule has 0 atom stereocenters. The van der Waals surface area contributed by atoms with Gasteiger partial charge in [-0.15, -0.1) is 11.8 Å². The first-order valence-electron chi connectivity index (χ1n) is 7.83. The minimum atomic E-state index is -5.97. The fraction of sp³-hybridized carbons (Fsp3) is 0.294. The molecule has 1 aliphatic heterocycles. The van der Waals surface area contributed by atoms with Crippen molar-refractivity contribution in [1.29, 1.82) is 0 Å². The van der Waals surface area contributed by atoms with E-state index in [0.717, 1.165) is 17.8 Å². The van der Waals surface area contributed by atoms with Crippen molar-refractivity contribution in [3.8, 4) is 0 Å². The molecular formula is C17H12F6N2O2S. The Kier molecular flexibility index (Phi) is 5.09. The molecule has 0 unspecified atom stereocenters. The number of nitrogens with zero attached hydrogens (tertiary/aromatic N) is 2. The third-order valence-electron chi connectivity index (χ3n) is 4.19. The number of hydrogen-bond acceptors (Lipinski definition) is 4. The van der Waals surface area contributed by atoms with Crippen LogP contribution >= 0.6 is 11.8 Å². The summed E-state index contributed by atoms with van der Waals surface area (Å²) in [4.78, 5) is 17.8. The molecule has 1 N–H and O–H groups in total. The Hall–Kier alpha value is -2.27. The van der Waals surface area contributed by atoms with Gasteiger partial charge in [-0.2, -0.15) is 26.3 Å². The number of fused-ring (bicyclic) bond motifs is 1. The van der Waals surface area contributed by atoms with E-state index in [0.29, 0.717) is 12.1 Å². The van der Waals surface area contributed by atoms with Crippen LogP contribution in [0.1, 0.15) is 16.1 Å². The quantitative estimate of drug-likeness (QED) is 0.739. The number of benzene rings is 1. The van der Waals surface area contributed by atoms with Gasteiger partial charge in [0.25, 0.3) is 11.5 Å². The van der Waals surface area contributed by atoms with E-state index in [1.165, 1.54) is 17.2 Å². The molecule has 0 fully saturated rings. The number of pyridine rings is 1. The number of anilines is 1. The van der Waals surface area contributed by atoms with Gasteiger partial charge in [0, 0.05) is 29.0 Å². The summed E-state index contributed by atoms with van der Waals surface area (Å²) in [5.74, 6) is -0.275. The number of aliphatic hydroxyl groups is 1. The van der Waals surface area contributed by atoms with Crippen LogP contribution in [0.3, 0.4) is 0 Å². The number of amides is 1. The minimum Gasteiger partial charge on any atom is -0.369 e. The number of carbonyl (C=O) groups excluding carboxylic acids is 1. The maximum absolute atomic E-state index is 13.1. The van der Waals surface area contributed by atoms with Gasteiger partial charge in [-0.3, -0.25) is 9.78 Å². The van der Waals surface area contributed by atoms with E-state index >= 15 is 0 Å². The second-order valence-corrected chi connectivity index (χ2v) is 7.05. The first-order valence-corrected chi connectivity index (χ1v) is 8.81. The molecule has 2 aromatic rings. The van der Waals surface area contributed by atoms with E-state index in [1.807, 2.05) is 0 Å². The van der Waals surface area contributed by atoms with E-state index in [4.69, 9.17) is 0 Å². The molecule has 1 aromatic carbocycles. The number of alkyl halides is 6. The minimum absolute atomic E-state index is 0.0277. The highest BCUT2D eigenvalue weighted by Gasteiger charge is 2.71. The maximum Gasteiger partial charge on any atom is 0.430 e. The van der Waals surface area contributed by atoms with E-state index in [9.17, 15) is 36.2 Å². The highest BCUT2D eigenvalue weighted by molar-refractivity contribution is 7.99. The van der Waals surface area contributed by atoms with Crippen LogP contribution in [0, 0.1) is 0 Å². The molecule has 0 bridgehead atoms. The zero-order chi connectivity index (χ0) is 20.7. The van der Waals surface area contributed by atoms with E-state index in [2.05, 4.69) is 4.98 Å². The first-order chi connectivity index (χ1) is 13.0. The van der Waals surface area contributed by atoms with Gasteiger partial charge in [-0.25, -0.2) is 0 Å². The van der Waals surface area contributed by atoms with Crippen LogP contribution in [-0.4, -0.2) is 40.6 Å². The van der Waals surface area contributed by atoms with Crippen molar-refractivity contribution in [1.82, 2.24) is 4.98 Å². The van der Waals surface area contributed by atoms with Crippen LogP contribution in [0.15, 0.2) is 47.5 Å². The summed E-state index contributed by atoms with van der Waals surface area (Å²) >= 11 is 0.996. The molecule has 0 aliphatic carbocycles. The van der Waals surface area contributed by atoms with Gasteiger partial charge in [0.1, 0.15) is 5.69 Å². The van der Waals surface area contributed by atoms with E-state index in [1.54, 1.807) is 12.1 Å². The summed E-state index contributed by atoms with van der Waals surface area (Å²) in [6.45, 7) is 0.204. The van der Waals surface area contributed by atoms with Crippen LogP contribution in [0.5, 0.6) is 0 Å². The average molecular weight is 422 g/mol. The lowest BCUT2D eigenvalue weighted by atomic mass is 9.92. The summed E-state index contributed by atoms with van der Waals surface area (Å²) in [7, 11) is 0. The lowest BCUT2D eigenvalue weighted by Crippen LogP contribution is -2.54. The van der Waals surface area contributed by atoms with Crippen molar-refractivity contribution in [2.75, 3.05) is 17.2 Å². The molecule has 150 valence electrons. The zero-order valence-corrected chi connectivity index (χ0v) is 14.7. The highest BCUT2D eigenvalue weighted by Crippen LogP contribution is 2.51. The Morgan fingerprint density at radius 2 is 1.75 bits per heavy atom. The molecule has 2 heterocycles. The summed E-state index contributed by atoms with van der Waals surface area (Å²) in [6.07, 6.45) is -10.5. The number of halogens is 6.